The maximum Gasteiger partial charge on any atom is 0.269 e. The molecule has 1 heterocycles. The summed E-state index contributed by atoms with van der Waals surface area (Å²) in [6.07, 6.45) is 4.04. The quantitative estimate of drug-likeness (QED) is 0.586. The van der Waals surface area contributed by atoms with Crippen LogP contribution < -0.4 is 15.6 Å². The normalized spacial score (nSPS) is 10.8. The molecule has 5 nitrogen and oxygen atoms in total. The van der Waals surface area contributed by atoms with Crippen LogP contribution in [0, 0.1) is 5.92 Å². The zero-order valence-corrected chi connectivity index (χ0v) is 15.1. The van der Waals surface area contributed by atoms with E-state index >= 15 is 0 Å². The summed E-state index contributed by atoms with van der Waals surface area (Å²) in [5.74, 6) is 0.532. The number of thiophene rings is 1. The van der Waals surface area contributed by atoms with Gasteiger partial charge < -0.3 is 4.74 Å². The first-order valence-corrected chi connectivity index (χ1v) is 8.97. The van der Waals surface area contributed by atoms with Gasteiger partial charge in [-0.25, -0.2) is 0 Å². The van der Waals surface area contributed by atoms with Crippen molar-refractivity contribution >= 4 is 29.2 Å². The highest BCUT2D eigenvalue weighted by atomic mass is 32.1. The molecule has 25 heavy (non-hydrogen) atoms. The van der Waals surface area contributed by atoms with Crippen LogP contribution in [0.1, 0.15) is 35.5 Å². The molecule has 2 amide bonds. The molecule has 0 atom stereocenters. The highest BCUT2D eigenvalue weighted by Gasteiger charge is 2.06. The minimum atomic E-state index is -0.393. The Morgan fingerprint density at radius 1 is 1.16 bits per heavy atom. The molecule has 2 N–H and O–H groups in total. The van der Waals surface area contributed by atoms with Gasteiger partial charge in [-0.2, -0.15) is 0 Å². The Morgan fingerprint density at radius 3 is 2.56 bits per heavy atom. The van der Waals surface area contributed by atoms with Gasteiger partial charge in [-0.3, -0.25) is 20.4 Å². The fourth-order valence-electron chi connectivity index (χ4n) is 1.89. The summed E-state index contributed by atoms with van der Waals surface area (Å²) < 4.78 is 5.61. The predicted octanol–water partition coefficient (Wildman–Crippen LogP) is 3.65. The molecule has 0 saturated heterocycles. The van der Waals surface area contributed by atoms with Crippen molar-refractivity contribution < 1.29 is 14.3 Å². The molecule has 0 aliphatic heterocycles. The minimum Gasteiger partial charge on any atom is -0.494 e. The number of hydrazine groups is 1. The highest BCUT2D eigenvalue weighted by molar-refractivity contribution is 7.10. The standard InChI is InChI=1S/C19H22N2O3S/c1-14(2)11-12-24-16-7-5-15(6-8-16)19(23)21-20-18(22)10-9-17-4-3-13-25-17/h3-10,13-14H,11-12H2,1-2H3,(H,20,22)(H,21,23)/b10-9+. The van der Waals surface area contributed by atoms with Crippen molar-refractivity contribution in [2.24, 2.45) is 5.92 Å². The summed E-state index contributed by atoms with van der Waals surface area (Å²) in [7, 11) is 0. The lowest BCUT2D eigenvalue weighted by Gasteiger charge is -2.09. The van der Waals surface area contributed by atoms with Crippen molar-refractivity contribution in [2.75, 3.05) is 6.61 Å². The highest BCUT2D eigenvalue weighted by Crippen LogP contribution is 2.13. The Bertz CT molecular complexity index is 707. The molecule has 1 aromatic carbocycles. The fourth-order valence-corrected chi connectivity index (χ4v) is 2.51. The van der Waals surface area contributed by atoms with Gasteiger partial charge in [0.15, 0.2) is 0 Å². The third-order valence-corrected chi connectivity index (χ3v) is 4.16. The number of amides is 2. The molecular weight excluding hydrogens is 336 g/mol. The van der Waals surface area contributed by atoms with Crippen LogP contribution in [0.3, 0.4) is 0 Å². The number of benzene rings is 1. The van der Waals surface area contributed by atoms with Gasteiger partial charge in [-0.05, 0) is 54.1 Å². The lowest BCUT2D eigenvalue weighted by atomic mass is 10.1. The van der Waals surface area contributed by atoms with Crippen LogP contribution in [0.15, 0.2) is 47.9 Å². The van der Waals surface area contributed by atoms with E-state index in [1.807, 2.05) is 17.5 Å². The molecular formula is C19H22N2O3S. The molecule has 0 spiro atoms. The smallest absolute Gasteiger partial charge is 0.269 e. The molecule has 0 radical (unpaired) electrons. The lowest BCUT2D eigenvalue weighted by Crippen LogP contribution is -2.40. The predicted molar refractivity (Wildman–Crippen MR) is 100 cm³/mol. The van der Waals surface area contributed by atoms with E-state index in [9.17, 15) is 9.59 Å². The van der Waals surface area contributed by atoms with Crippen molar-refractivity contribution in [1.29, 1.82) is 0 Å². The van der Waals surface area contributed by atoms with Crippen LogP contribution in [0.2, 0.25) is 0 Å². The number of nitrogens with one attached hydrogen (secondary N) is 2. The molecule has 1 aromatic heterocycles. The Balaban J connectivity index is 1.77. The molecule has 132 valence electrons. The van der Waals surface area contributed by atoms with Crippen molar-refractivity contribution in [1.82, 2.24) is 10.9 Å². The maximum atomic E-state index is 12.0. The van der Waals surface area contributed by atoms with Crippen LogP contribution >= 0.6 is 11.3 Å². The number of rotatable bonds is 7. The minimum absolute atomic E-state index is 0.383. The molecule has 6 heteroatoms. The molecule has 0 saturated carbocycles. The summed E-state index contributed by atoms with van der Waals surface area (Å²) in [6, 6.07) is 10.6. The summed E-state index contributed by atoms with van der Waals surface area (Å²) >= 11 is 1.53. The second-order valence-electron chi connectivity index (χ2n) is 5.85. The van der Waals surface area contributed by atoms with Gasteiger partial charge in [0.2, 0.25) is 0 Å². The number of hydrogen-bond donors (Lipinski definition) is 2. The summed E-state index contributed by atoms with van der Waals surface area (Å²) in [5.41, 5.74) is 5.18. The van der Waals surface area contributed by atoms with E-state index in [4.69, 9.17) is 4.74 Å². The van der Waals surface area contributed by atoms with Gasteiger partial charge in [0.25, 0.3) is 11.8 Å². The van der Waals surface area contributed by atoms with Gasteiger partial charge >= 0.3 is 0 Å². The van der Waals surface area contributed by atoms with E-state index in [2.05, 4.69) is 24.7 Å². The molecule has 2 rings (SSSR count). The molecule has 0 unspecified atom stereocenters. The van der Waals surface area contributed by atoms with Gasteiger partial charge in [0, 0.05) is 16.5 Å². The van der Waals surface area contributed by atoms with Crippen LogP contribution in [-0.4, -0.2) is 18.4 Å². The van der Waals surface area contributed by atoms with E-state index < -0.39 is 5.91 Å². The number of carbonyl (C=O) groups is 2. The lowest BCUT2D eigenvalue weighted by molar-refractivity contribution is -0.117. The van der Waals surface area contributed by atoms with E-state index in [1.54, 1.807) is 30.3 Å². The van der Waals surface area contributed by atoms with Crippen molar-refractivity contribution in [2.45, 2.75) is 20.3 Å². The number of carbonyl (C=O) groups excluding carboxylic acids is 2. The second-order valence-corrected chi connectivity index (χ2v) is 6.83. The van der Waals surface area contributed by atoms with Gasteiger partial charge in [0.05, 0.1) is 6.61 Å². The Labute approximate surface area is 151 Å². The molecule has 0 bridgehead atoms. The first-order valence-electron chi connectivity index (χ1n) is 8.09. The summed E-state index contributed by atoms with van der Waals surface area (Å²) in [5, 5.41) is 1.93. The van der Waals surface area contributed by atoms with Gasteiger partial charge in [-0.1, -0.05) is 19.9 Å². The topological polar surface area (TPSA) is 67.4 Å². The van der Waals surface area contributed by atoms with Crippen LogP contribution in [0.5, 0.6) is 5.75 Å². The second kappa shape index (κ2) is 9.64. The monoisotopic (exact) mass is 358 g/mol. The molecule has 0 aliphatic rings. The van der Waals surface area contributed by atoms with E-state index in [1.165, 1.54) is 17.4 Å². The van der Waals surface area contributed by atoms with Crippen LogP contribution in [0.25, 0.3) is 6.08 Å². The third kappa shape index (κ3) is 6.81. The summed E-state index contributed by atoms with van der Waals surface area (Å²) in [4.78, 5) is 24.6. The Kier molecular flexibility index (Phi) is 7.22. The summed E-state index contributed by atoms with van der Waals surface area (Å²) in [6.45, 7) is 4.93. The largest absolute Gasteiger partial charge is 0.494 e. The van der Waals surface area contributed by atoms with Crippen LogP contribution in [-0.2, 0) is 4.79 Å². The van der Waals surface area contributed by atoms with E-state index in [0.717, 1.165) is 17.0 Å². The van der Waals surface area contributed by atoms with Crippen molar-refractivity contribution in [3.63, 3.8) is 0 Å². The fraction of sp³-hybridized carbons (Fsp3) is 0.263. The average molecular weight is 358 g/mol. The van der Waals surface area contributed by atoms with E-state index in [0.29, 0.717) is 18.1 Å². The van der Waals surface area contributed by atoms with Crippen molar-refractivity contribution in [3.8, 4) is 5.75 Å². The molecule has 0 fully saturated rings. The Morgan fingerprint density at radius 2 is 1.92 bits per heavy atom. The van der Waals surface area contributed by atoms with Crippen LogP contribution in [0.4, 0.5) is 0 Å². The van der Waals surface area contributed by atoms with Gasteiger partial charge in [0.1, 0.15) is 5.75 Å². The zero-order chi connectivity index (χ0) is 18.1. The first kappa shape index (κ1) is 18.7. The average Bonchev–Trinajstić information content (AvgIpc) is 3.11. The SMILES string of the molecule is CC(C)CCOc1ccc(C(=O)NNC(=O)/C=C/c2cccs2)cc1. The molecule has 0 aliphatic carbocycles. The number of hydrogen-bond acceptors (Lipinski definition) is 4. The van der Waals surface area contributed by atoms with E-state index in [-0.39, 0.29) is 5.91 Å². The first-order chi connectivity index (χ1) is 12.0. The number of ether oxygens (including phenoxy) is 1. The zero-order valence-electron chi connectivity index (χ0n) is 14.3. The third-order valence-electron chi connectivity index (χ3n) is 3.32. The molecule has 2 aromatic rings. The maximum absolute atomic E-state index is 12.0. The van der Waals surface area contributed by atoms with Gasteiger partial charge in [-0.15, -0.1) is 11.3 Å². The Hall–Kier alpha value is -2.60. The van der Waals surface area contributed by atoms with Crippen molar-refractivity contribution in [3.05, 3.63) is 58.3 Å².